The number of nitrogens with zero attached hydrogens (tertiary/aromatic N) is 1. The maximum absolute atomic E-state index is 13.2. The molecule has 5 nitrogen and oxygen atoms in total. The quantitative estimate of drug-likeness (QED) is 0.622. The summed E-state index contributed by atoms with van der Waals surface area (Å²) in [7, 11) is 0. The highest BCUT2D eigenvalue weighted by Crippen LogP contribution is 2.36. The van der Waals surface area contributed by atoms with Crippen LogP contribution in [0, 0.1) is 6.92 Å². The van der Waals surface area contributed by atoms with E-state index in [1.807, 2.05) is 0 Å². The van der Waals surface area contributed by atoms with Crippen molar-refractivity contribution in [2.75, 3.05) is 0 Å². The van der Waals surface area contributed by atoms with Crippen molar-refractivity contribution in [2.45, 2.75) is 26.2 Å². The normalized spacial score (nSPS) is 12.3. The molecule has 0 aliphatic carbocycles. The molecule has 2 aromatic carbocycles. The Bertz CT molecular complexity index is 1070. The number of aromatic hydroxyl groups is 1. The van der Waals surface area contributed by atoms with Gasteiger partial charge >= 0.3 is 5.97 Å². The Balaban J connectivity index is 2.30. The number of carbonyl (C=O) groups is 2. The van der Waals surface area contributed by atoms with Gasteiger partial charge in [-0.3, -0.25) is 14.2 Å². The van der Waals surface area contributed by atoms with Crippen molar-refractivity contribution in [3.05, 3.63) is 63.3 Å². The number of carboxylic acids is 1. The van der Waals surface area contributed by atoms with Crippen LogP contribution in [0.2, 0.25) is 10.0 Å². The van der Waals surface area contributed by atoms with Crippen LogP contribution in [-0.2, 0) is 4.79 Å². The van der Waals surface area contributed by atoms with E-state index in [0.29, 0.717) is 39.2 Å². The number of benzene rings is 2. The summed E-state index contributed by atoms with van der Waals surface area (Å²) < 4.78 is 1.45. The molecule has 140 valence electrons. The molecule has 1 aromatic heterocycles. The molecule has 3 aromatic rings. The summed E-state index contributed by atoms with van der Waals surface area (Å²) in [6, 6.07) is 9.14. The molecule has 0 saturated heterocycles. The number of aliphatic carboxylic acids is 1. The summed E-state index contributed by atoms with van der Waals surface area (Å²) in [5, 5.41) is 20.7. The molecular formula is C20H17Cl2NO4. The third kappa shape index (κ3) is 3.29. The van der Waals surface area contributed by atoms with E-state index < -0.39 is 11.9 Å². The third-order valence-electron chi connectivity index (χ3n) is 4.66. The molecule has 3 rings (SSSR count). The molecule has 2 N–H and O–H groups in total. The lowest BCUT2D eigenvalue weighted by atomic mass is 9.94. The van der Waals surface area contributed by atoms with E-state index in [9.17, 15) is 19.8 Å². The molecule has 1 atom stereocenters. The molecule has 0 bridgehead atoms. The number of phenols is 1. The molecule has 0 spiro atoms. The Hall–Kier alpha value is -2.50. The zero-order chi connectivity index (χ0) is 19.9. The number of aromatic nitrogens is 1. The van der Waals surface area contributed by atoms with E-state index in [2.05, 4.69) is 0 Å². The van der Waals surface area contributed by atoms with Gasteiger partial charge in [0.25, 0.3) is 5.91 Å². The summed E-state index contributed by atoms with van der Waals surface area (Å²) in [5.74, 6) is -2.13. The van der Waals surface area contributed by atoms with E-state index in [1.165, 1.54) is 28.8 Å². The van der Waals surface area contributed by atoms with Crippen LogP contribution in [-0.4, -0.2) is 26.7 Å². The molecule has 7 heteroatoms. The van der Waals surface area contributed by atoms with Crippen molar-refractivity contribution in [3.8, 4) is 5.75 Å². The number of fused-ring (bicyclic) bond motifs is 1. The van der Waals surface area contributed by atoms with Crippen LogP contribution >= 0.6 is 23.2 Å². The van der Waals surface area contributed by atoms with Crippen LogP contribution in [0.4, 0.5) is 0 Å². The molecule has 0 fully saturated rings. The summed E-state index contributed by atoms with van der Waals surface area (Å²) >= 11 is 12.0. The first kappa shape index (κ1) is 19.3. The Kier molecular flexibility index (Phi) is 5.18. The largest absolute Gasteiger partial charge is 0.508 e. The topological polar surface area (TPSA) is 79.5 Å². The molecule has 1 heterocycles. The van der Waals surface area contributed by atoms with Crippen LogP contribution in [0.25, 0.3) is 10.9 Å². The minimum atomic E-state index is -0.982. The van der Waals surface area contributed by atoms with Gasteiger partial charge in [0.15, 0.2) is 0 Å². The molecule has 27 heavy (non-hydrogen) atoms. The highest BCUT2D eigenvalue weighted by molar-refractivity contribution is 6.42. The van der Waals surface area contributed by atoms with Gasteiger partial charge in [-0.25, -0.2) is 0 Å². The molecule has 0 amide bonds. The van der Waals surface area contributed by atoms with Crippen LogP contribution < -0.4 is 0 Å². The van der Waals surface area contributed by atoms with Crippen molar-refractivity contribution in [1.82, 2.24) is 4.57 Å². The smallest absolute Gasteiger partial charge is 0.311 e. The lowest BCUT2D eigenvalue weighted by Crippen LogP contribution is -2.16. The molecule has 0 aliphatic heterocycles. The van der Waals surface area contributed by atoms with Gasteiger partial charge in [0.2, 0.25) is 0 Å². The van der Waals surface area contributed by atoms with Gasteiger partial charge in [0.1, 0.15) is 5.75 Å². The molecular weight excluding hydrogens is 389 g/mol. The number of carboxylic acid groups (broad SMARTS) is 1. The minimum Gasteiger partial charge on any atom is -0.508 e. The SMILES string of the molecule is CCC(C(=O)O)c1c(C)n(C(=O)c2ccc(Cl)c(Cl)c2)c2ccc(O)cc12. The number of phenolic OH excluding ortho intramolecular Hbond substituents is 1. The predicted molar refractivity (Wildman–Crippen MR) is 105 cm³/mol. The number of hydrogen-bond acceptors (Lipinski definition) is 3. The fourth-order valence-corrected chi connectivity index (χ4v) is 3.69. The van der Waals surface area contributed by atoms with Gasteiger partial charge in [-0.05, 0) is 55.3 Å². The van der Waals surface area contributed by atoms with E-state index in [-0.39, 0.29) is 16.7 Å². The van der Waals surface area contributed by atoms with Crippen molar-refractivity contribution in [2.24, 2.45) is 0 Å². The summed E-state index contributed by atoms with van der Waals surface area (Å²) in [4.78, 5) is 24.9. The van der Waals surface area contributed by atoms with Crippen LogP contribution in [0.5, 0.6) is 5.75 Å². The standard InChI is InChI=1S/C20H17Cl2NO4/c1-3-13(20(26)27)18-10(2)23(17-7-5-12(24)9-14(17)18)19(25)11-4-6-15(21)16(22)8-11/h4-9,13,24H,3H2,1-2H3,(H,26,27). The Labute approximate surface area is 165 Å². The van der Waals surface area contributed by atoms with Crippen molar-refractivity contribution in [1.29, 1.82) is 0 Å². The van der Waals surface area contributed by atoms with Crippen molar-refractivity contribution >= 4 is 46.0 Å². The summed E-state index contributed by atoms with van der Waals surface area (Å²) in [5.41, 5.74) is 1.88. The lowest BCUT2D eigenvalue weighted by molar-refractivity contribution is -0.138. The number of halogens is 2. The molecule has 0 saturated carbocycles. The van der Waals surface area contributed by atoms with E-state index >= 15 is 0 Å². The number of hydrogen-bond donors (Lipinski definition) is 2. The average Bonchev–Trinajstić information content (AvgIpc) is 2.89. The number of rotatable bonds is 4. The highest BCUT2D eigenvalue weighted by atomic mass is 35.5. The first-order chi connectivity index (χ1) is 12.8. The first-order valence-corrected chi connectivity index (χ1v) is 9.08. The van der Waals surface area contributed by atoms with Gasteiger partial charge in [0.05, 0.1) is 21.5 Å². The molecule has 0 radical (unpaired) electrons. The first-order valence-electron chi connectivity index (χ1n) is 8.32. The van der Waals surface area contributed by atoms with Crippen LogP contribution in [0.1, 0.15) is 40.9 Å². The van der Waals surface area contributed by atoms with E-state index in [1.54, 1.807) is 26.0 Å². The van der Waals surface area contributed by atoms with Gasteiger partial charge in [-0.1, -0.05) is 30.1 Å². The monoisotopic (exact) mass is 405 g/mol. The fraction of sp³-hybridized carbons (Fsp3) is 0.200. The van der Waals surface area contributed by atoms with Crippen molar-refractivity contribution in [3.63, 3.8) is 0 Å². The molecule has 0 aliphatic rings. The second kappa shape index (κ2) is 7.25. The zero-order valence-corrected chi connectivity index (χ0v) is 16.2. The third-order valence-corrected chi connectivity index (χ3v) is 5.40. The zero-order valence-electron chi connectivity index (χ0n) is 14.7. The van der Waals surface area contributed by atoms with E-state index in [4.69, 9.17) is 23.2 Å². The lowest BCUT2D eigenvalue weighted by Gasteiger charge is -2.12. The summed E-state index contributed by atoms with van der Waals surface area (Å²) in [6.45, 7) is 3.47. The maximum Gasteiger partial charge on any atom is 0.311 e. The van der Waals surface area contributed by atoms with Gasteiger partial charge in [0, 0.05) is 16.6 Å². The fourth-order valence-electron chi connectivity index (χ4n) is 3.39. The molecule has 1 unspecified atom stereocenters. The van der Waals surface area contributed by atoms with Crippen LogP contribution in [0.3, 0.4) is 0 Å². The predicted octanol–water partition coefficient (Wildman–Crippen LogP) is 5.23. The van der Waals surface area contributed by atoms with Gasteiger partial charge in [-0.2, -0.15) is 0 Å². The Morgan fingerprint density at radius 2 is 1.81 bits per heavy atom. The summed E-state index contributed by atoms with van der Waals surface area (Å²) in [6.07, 6.45) is 0.353. The Morgan fingerprint density at radius 3 is 2.41 bits per heavy atom. The van der Waals surface area contributed by atoms with Gasteiger partial charge in [-0.15, -0.1) is 0 Å². The minimum absolute atomic E-state index is 0.00290. The van der Waals surface area contributed by atoms with Gasteiger partial charge < -0.3 is 10.2 Å². The highest BCUT2D eigenvalue weighted by Gasteiger charge is 2.28. The van der Waals surface area contributed by atoms with E-state index in [0.717, 1.165) is 0 Å². The number of carbonyl (C=O) groups excluding carboxylic acids is 1. The second-order valence-electron chi connectivity index (χ2n) is 6.27. The maximum atomic E-state index is 13.2. The van der Waals surface area contributed by atoms with Crippen LogP contribution in [0.15, 0.2) is 36.4 Å². The average molecular weight is 406 g/mol. The van der Waals surface area contributed by atoms with Crippen molar-refractivity contribution < 1.29 is 19.8 Å². The second-order valence-corrected chi connectivity index (χ2v) is 7.08. The Morgan fingerprint density at radius 1 is 1.11 bits per heavy atom.